The van der Waals surface area contributed by atoms with Gasteiger partial charge in [0.25, 0.3) is 0 Å². The van der Waals surface area contributed by atoms with Gasteiger partial charge in [-0.1, -0.05) is 120 Å². The topological polar surface area (TPSA) is 119 Å². The van der Waals surface area contributed by atoms with Crippen molar-refractivity contribution < 1.29 is 37.9 Å². The van der Waals surface area contributed by atoms with E-state index < -0.39 is 32.5 Å². The Bertz CT molecular complexity index is 813. The maximum absolute atomic E-state index is 12.2. The van der Waals surface area contributed by atoms with Crippen molar-refractivity contribution in [3.63, 3.8) is 0 Å². The molecule has 0 heterocycles. The fraction of sp³-hybridized carbons (Fsp3) is 0.688. The van der Waals surface area contributed by atoms with Gasteiger partial charge in [-0.25, -0.2) is 4.57 Å². The number of unbranched alkanes of at least 4 members (excludes halogenated alkanes) is 9. The first-order valence-electron chi connectivity index (χ1n) is 15.4. The molecule has 1 atom stereocenters. The highest BCUT2D eigenvalue weighted by Crippen LogP contribution is 2.35. The van der Waals surface area contributed by atoms with E-state index in [-0.39, 0.29) is 19.4 Å². The van der Waals surface area contributed by atoms with E-state index >= 15 is 0 Å². The second-order valence-corrected chi connectivity index (χ2v) is 11.3. The lowest BCUT2D eigenvalue weighted by Crippen LogP contribution is -2.29. The number of rotatable bonds is 27. The first-order chi connectivity index (χ1) is 19.8. The number of esters is 2. The van der Waals surface area contributed by atoms with Gasteiger partial charge < -0.3 is 19.3 Å². The maximum Gasteiger partial charge on any atom is 0.469 e. The number of allylic oxidation sites excluding steroid dienone is 8. The summed E-state index contributed by atoms with van der Waals surface area (Å²) < 4.78 is 26.0. The summed E-state index contributed by atoms with van der Waals surface area (Å²) in [6.45, 7) is 3.45. The van der Waals surface area contributed by atoms with Crippen LogP contribution in [0.15, 0.2) is 48.6 Å². The Labute approximate surface area is 248 Å². The fourth-order valence-corrected chi connectivity index (χ4v) is 4.22. The summed E-state index contributed by atoms with van der Waals surface area (Å²) in [6.07, 6.45) is 31.4. The van der Waals surface area contributed by atoms with Crippen LogP contribution in [-0.2, 0) is 28.2 Å². The number of hydrogen-bond donors (Lipinski definition) is 2. The van der Waals surface area contributed by atoms with Gasteiger partial charge in [-0.3, -0.25) is 14.1 Å². The molecule has 0 aliphatic heterocycles. The molecule has 9 heteroatoms. The summed E-state index contributed by atoms with van der Waals surface area (Å²) >= 11 is 0. The van der Waals surface area contributed by atoms with Crippen LogP contribution < -0.4 is 0 Å². The normalized spacial score (nSPS) is 13.2. The van der Waals surface area contributed by atoms with Crippen LogP contribution >= 0.6 is 7.82 Å². The Morgan fingerprint density at radius 3 is 1.71 bits per heavy atom. The molecule has 0 fully saturated rings. The monoisotopic (exact) mass is 598 g/mol. The predicted octanol–water partition coefficient (Wildman–Crippen LogP) is 8.45. The van der Waals surface area contributed by atoms with Crippen LogP contribution in [0, 0.1) is 0 Å². The second-order valence-electron chi connectivity index (χ2n) is 10.1. The van der Waals surface area contributed by atoms with Crippen LogP contribution in [0.5, 0.6) is 0 Å². The van der Waals surface area contributed by atoms with Gasteiger partial charge in [0.1, 0.15) is 6.61 Å². The van der Waals surface area contributed by atoms with Crippen molar-refractivity contribution in [3.8, 4) is 0 Å². The van der Waals surface area contributed by atoms with Crippen molar-refractivity contribution in [1.29, 1.82) is 0 Å². The van der Waals surface area contributed by atoms with E-state index in [0.717, 1.165) is 38.5 Å². The number of ether oxygens (including phenoxy) is 2. The van der Waals surface area contributed by atoms with Crippen molar-refractivity contribution in [2.75, 3.05) is 13.2 Å². The molecule has 0 spiro atoms. The molecule has 0 aromatic carbocycles. The fourth-order valence-electron chi connectivity index (χ4n) is 3.85. The summed E-state index contributed by atoms with van der Waals surface area (Å²) in [5.74, 6) is -0.987. The lowest BCUT2D eigenvalue weighted by atomic mass is 10.1. The van der Waals surface area contributed by atoms with Crippen LogP contribution in [0.3, 0.4) is 0 Å². The van der Waals surface area contributed by atoms with E-state index in [1.165, 1.54) is 44.9 Å². The Morgan fingerprint density at radius 1 is 0.659 bits per heavy atom. The third-order valence-corrected chi connectivity index (χ3v) is 6.61. The van der Waals surface area contributed by atoms with Crippen molar-refractivity contribution in [2.45, 2.75) is 129 Å². The molecule has 0 aromatic rings. The average Bonchev–Trinajstić information content (AvgIpc) is 2.93. The van der Waals surface area contributed by atoms with Crippen LogP contribution in [0.1, 0.15) is 123 Å². The van der Waals surface area contributed by atoms with E-state index in [9.17, 15) is 14.2 Å². The lowest BCUT2D eigenvalue weighted by Gasteiger charge is -2.18. The molecule has 0 amide bonds. The number of carbonyl (C=O) groups excluding carboxylic acids is 2. The predicted molar refractivity (Wildman–Crippen MR) is 165 cm³/mol. The second kappa shape index (κ2) is 28.1. The summed E-state index contributed by atoms with van der Waals surface area (Å²) in [7, 11) is -4.76. The summed E-state index contributed by atoms with van der Waals surface area (Å²) in [5, 5.41) is 0. The van der Waals surface area contributed by atoms with Crippen molar-refractivity contribution >= 4 is 19.8 Å². The average molecular weight is 599 g/mol. The Morgan fingerprint density at radius 2 is 1.17 bits per heavy atom. The van der Waals surface area contributed by atoms with E-state index in [0.29, 0.717) is 12.8 Å². The van der Waals surface area contributed by atoms with E-state index in [1.54, 1.807) is 0 Å². The maximum atomic E-state index is 12.2. The molecule has 8 nitrogen and oxygen atoms in total. The molecule has 0 aliphatic rings. The zero-order valence-corrected chi connectivity index (χ0v) is 26.3. The van der Waals surface area contributed by atoms with Crippen molar-refractivity contribution in [2.24, 2.45) is 0 Å². The SMILES string of the molecule is CC/C=C\C/C=C\C/C=C\C/C=C\CCC(=O)OC(COC(=O)CCCCCCCCCCCC)COP(=O)(O)O. The van der Waals surface area contributed by atoms with Crippen LogP contribution in [0.4, 0.5) is 0 Å². The first-order valence-corrected chi connectivity index (χ1v) is 17.0. The molecule has 2 N–H and O–H groups in total. The molecular formula is C32H55O8P. The van der Waals surface area contributed by atoms with Crippen LogP contribution in [0.2, 0.25) is 0 Å². The van der Waals surface area contributed by atoms with Gasteiger partial charge in [-0.15, -0.1) is 0 Å². The molecule has 236 valence electrons. The molecule has 0 rings (SSSR count). The molecule has 0 aromatic heterocycles. The number of phosphoric ester groups is 1. The summed E-state index contributed by atoms with van der Waals surface area (Å²) in [6, 6.07) is 0. The Balaban J connectivity index is 4.20. The Kier molecular flexibility index (Phi) is 26.8. The standard InChI is InChI=1S/C32H55O8P/c1-3-5-7-9-11-13-15-16-17-19-21-23-25-27-32(34)40-30(29-39-41(35,36)37)28-38-31(33)26-24-22-20-18-14-12-10-8-6-4-2/h5,7,11,13,16-17,21,23,30H,3-4,6,8-10,12,14-15,18-20,22,24-29H2,1-2H3,(H2,35,36,37)/b7-5-,13-11-,17-16-,23-21-. The van der Waals surface area contributed by atoms with Gasteiger partial charge in [-0.05, 0) is 38.5 Å². The third-order valence-electron chi connectivity index (χ3n) is 6.13. The van der Waals surface area contributed by atoms with Crippen LogP contribution in [-0.4, -0.2) is 41.0 Å². The highest BCUT2D eigenvalue weighted by molar-refractivity contribution is 7.46. The van der Waals surface area contributed by atoms with Gasteiger partial charge in [0.15, 0.2) is 6.10 Å². The van der Waals surface area contributed by atoms with E-state index in [4.69, 9.17) is 19.3 Å². The highest BCUT2D eigenvalue weighted by atomic mass is 31.2. The molecular weight excluding hydrogens is 543 g/mol. The summed E-state index contributed by atoms with van der Waals surface area (Å²) in [4.78, 5) is 42.3. The molecule has 41 heavy (non-hydrogen) atoms. The van der Waals surface area contributed by atoms with Gasteiger partial charge >= 0.3 is 19.8 Å². The summed E-state index contributed by atoms with van der Waals surface area (Å²) in [5.41, 5.74) is 0. The van der Waals surface area contributed by atoms with E-state index in [2.05, 4.69) is 54.8 Å². The van der Waals surface area contributed by atoms with Gasteiger partial charge in [-0.2, -0.15) is 0 Å². The first kappa shape index (κ1) is 39.0. The molecule has 0 aliphatic carbocycles. The number of carbonyl (C=O) groups is 2. The molecule has 0 saturated carbocycles. The van der Waals surface area contributed by atoms with Crippen molar-refractivity contribution in [1.82, 2.24) is 0 Å². The Hall–Kier alpha value is -1.99. The molecule has 0 bridgehead atoms. The minimum absolute atomic E-state index is 0.0905. The quantitative estimate of drug-likeness (QED) is 0.0418. The zero-order valence-electron chi connectivity index (χ0n) is 25.4. The lowest BCUT2D eigenvalue weighted by molar-refractivity contribution is -0.161. The van der Waals surface area contributed by atoms with E-state index in [1.807, 2.05) is 12.2 Å². The molecule has 0 radical (unpaired) electrons. The van der Waals surface area contributed by atoms with Gasteiger partial charge in [0, 0.05) is 12.8 Å². The largest absolute Gasteiger partial charge is 0.469 e. The minimum Gasteiger partial charge on any atom is -0.462 e. The number of phosphoric acid groups is 1. The third kappa shape index (κ3) is 30.8. The van der Waals surface area contributed by atoms with Crippen LogP contribution in [0.25, 0.3) is 0 Å². The highest BCUT2D eigenvalue weighted by Gasteiger charge is 2.22. The smallest absolute Gasteiger partial charge is 0.462 e. The van der Waals surface area contributed by atoms with Gasteiger partial charge in [0.2, 0.25) is 0 Å². The zero-order chi connectivity index (χ0) is 30.4. The van der Waals surface area contributed by atoms with Crippen molar-refractivity contribution in [3.05, 3.63) is 48.6 Å². The molecule has 0 saturated heterocycles. The number of hydrogen-bond acceptors (Lipinski definition) is 6. The minimum atomic E-state index is -4.76. The van der Waals surface area contributed by atoms with Gasteiger partial charge in [0.05, 0.1) is 6.61 Å². The molecule has 1 unspecified atom stereocenters.